The minimum absolute atomic E-state index is 0.0171. The molecule has 2 heterocycles. The topological polar surface area (TPSA) is 40.2 Å². The first-order chi connectivity index (χ1) is 13.7. The van der Waals surface area contributed by atoms with Gasteiger partial charge < -0.3 is 18.6 Å². The van der Waals surface area contributed by atoms with Crippen molar-refractivity contribution >= 4 is 8.32 Å². The summed E-state index contributed by atoms with van der Waals surface area (Å²) in [5, 5.41) is 0.145. The second-order valence-corrected chi connectivity index (χ2v) is 14.9. The van der Waals surface area contributed by atoms with Crippen molar-refractivity contribution in [3.8, 4) is 0 Å². The van der Waals surface area contributed by atoms with Gasteiger partial charge in [-0.1, -0.05) is 77.3 Å². The number of unbranched alkanes of at least 4 members (excludes halogenated alkanes) is 2. The van der Waals surface area contributed by atoms with E-state index in [0.717, 1.165) is 19.4 Å². The molecule has 4 nitrogen and oxygen atoms in total. The van der Waals surface area contributed by atoms with Crippen molar-refractivity contribution in [2.45, 2.75) is 109 Å². The molecule has 0 N–H and O–H groups in total. The van der Waals surface area contributed by atoms with Gasteiger partial charge >= 0.3 is 0 Å². The highest BCUT2D eigenvalue weighted by Gasteiger charge is 2.55. The van der Waals surface area contributed by atoms with Crippen LogP contribution in [0.5, 0.6) is 0 Å². The minimum atomic E-state index is -1.96. The lowest BCUT2D eigenvalue weighted by atomic mass is 10.0. The Labute approximate surface area is 178 Å². The molecule has 5 heteroatoms. The van der Waals surface area contributed by atoms with Crippen molar-refractivity contribution in [3.05, 3.63) is 35.9 Å². The van der Waals surface area contributed by atoms with Crippen molar-refractivity contribution < 1.29 is 18.6 Å². The molecule has 0 spiro atoms. The fraction of sp³-hybridized carbons (Fsp3) is 0.750. The molecule has 2 aliphatic rings. The number of benzene rings is 1. The maximum atomic E-state index is 6.92. The summed E-state index contributed by atoms with van der Waals surface area (Å²) in [6.07, 6.45) is 4.74. The summed E-state index contributed by atoms with van der Waals surface area (Å²) in [4.78, 5) is 0. The fourth-order valence-corrected chi connectivity index (χ4v) is 5.05. The molecule has 0 aromatic heterocycles. The second kappa shape index (κ2) is 9.61. The Morgan fingerprint density at radius 2 is 1.76 bits per heavy atom. The SMILES string of the molecule is CCCCC[C@@H]1O[C@H]([C@H]2CO2)[C@@H](O[Si](C)(C)C(C)(C)C)[C@@H]1OCc1ccccc1. The van der Waals surface area contributed by atoms with Crippen LogP contribution in [0, 0.1) is 0 Å². The fourth-order valence-electron chi connectivity index (χ4n) is 3.75. The predicted molar refractivity (Wildman–Crippen MR) is 120 cm³/mol. The quantitative estimate of drug-likeness (QED) is 0.276. The van der Waals surface area contributed by atoms with Crippen molar-refractivity contribution in [2.24, 2.45) is 0 Å². The molecule has 2 fully saturated rings. The zero-order valence-corrected chi connectivity index (χ0v) is 20.1. The first-order valence-corrected chi connectivity index (χ1v) is 14.2. The molecule has 0 radical (unpaired) electrons. The monoisotopic (exact) mass is 420 g/mol. The zero-order valence-electron chi connectivity index (χ0n) is 19.1. The molecular formula is C24H40O4Si. The maximum absolute atomic E-state index is 6.92. The van der Waals surface area contributed by atoms with Crippen LogP contribution in [0.2, 0.25) is 18.1 Å². The lowest BCUT2D eigenvalue weighted by Crippen LogP contribution is -2.50. The van der Waals surface area contributed by atoms with Gasteiger partial charge in [-0.3, -0.25) is 0 Å². The third-order valence-electron chi connectivity index (χ3n) is 6.69. The first-order valence-electron chi connectivity index (χ1n) is 11.3. The van der Waals surface area contributed by atoms with E-state index in [1.165, 1.54) is 18.4 Å². The first kappa shape index (κ1) is 23.0. The van der Waals surface area contributed by atoms with Crippen LogP contribution in [0.25, 0.3) is 0 Å². The Kier molecular flexibility index (Phi) is 7.60. The van der Waals surface area contributed by atoms with E-state index in [2.05, 4.69) is 65.1 Å². The molecule has 5 atom stereocenters. The Morgan fingerprint density at radius 3 is 2.34 bits per heavy atom. The third kappa shape index (κ3) is 5.92. The van der Waals surface area contributed by atoms with Crippen LogP contribution in [-0.4, -0.2) is 45.4 Å². The molecule has 164 valence electrons. The number of rotatable bonds is 10. The molecule has 0 bridgehead atoms. The van der Waals surface area contributed by atoms with Crippen LogP contribution in [0.4, 0.5) is 0 Å². The van der Waals surface area contributed by atoms with E-state index in [4.69, 9.17) is 18.6 Å². The largest absolute Gasteiger partial charge is 0.408 e. The minimum Gasteiger partial charge on any atom is -0.408 e. The average molecular weight is 421 g/mol. The van der Waals surface area contributed by atoms with Crippen LogP contribution in [0.15, 0.2) is 30.3 Å². The molecule has 2 aliphatic heterocycles. The molecular weight excluding hydrogens is 380 g/mol. The van der Waals surface area contributed by atoms with Gasteiger partial charge in [-0.25, -0.2) is 0 Å². The van der Waals surface area contributed by atoms with Gasteiger partial charge in [0.15, 0.2) is 8.32 Å². The highest BCUT2D eigenvalue weighted by molar-refractivity contribution is 6.74. The summed E-state index contributed by atoms with van der Waals surface area (Å²) in [6, 6.07) is 10.4. The van der Waals surface area contributed by atoms with E-state index in [1.54, 1.807) is 0 Å². The summed E-state index contributed by atoms with van der Waals surface area (Å²) >= 11 is 0. The summed E-state index contributed by atoms with van der Waals surface area (Å²) in [5.74, 6) is 0. The van der Waals surface area contributed by atoms with E-state index < -0.39 is 8.32 Å². The van der Waals surface area contributed by atoms with E-state index >= 15 is 0 Å². The van der Waals surface area contributed by atoms with Gasteiger partial charge in [0.25, 0.3) is 0 Å². The van der Waals surface area contributed by atoms with Gasteiger partial charge in [-0.2, -0.15) is 0 Å². The molecule has 0 aliphatic carbocycles. The molecule has 1 aromatic carbocycles. The highest BCUT2D eigenvalue weighted by atomic mass is 28.4. The van der Waals surface area contributed by atoms with Gasteiger partial charge in [0.2, 0.25) is 0 Å². The molecule has 1 aromatic rings. The third-order valence-corrected chi connectivity index (χ3v) is 11.2. The number of ether oxygens (including phenoxy) is 3. The normalized spacial score (nSPS) is 29.9. The van der Waals surface area contributed by atoms with Gasteiger partial charge in [-0.15, -0.1) is 0 Å². The molecule has 3 rings (SSSR count). The molecule has 0 saturated carbocycles. The van der Waals surface area contributed by atoms with E-state index in [1.807, 2.05) is 6.07 Å². The number of epoxide rings is 1. The highest BCUT2D eigenvalue weighted by Crippen LogP contribution is 2.43. The molecule has 0 unspecified atom stereocenters. The maximum Gasteiger partial charge on any atom is 0.192 e. The van der Waals surface area contributed by atoms with Crippen LogP contribution in [0.1, 0.15) is 58.9 Å². The average Bonchev–Trinajstić information content (AvgIpc) is 3.45. The number of hydrogen-bond donors (Lipinski definition) is 0. The Balaban J connectivity index is 1.78. The number of hydrogen-bond acceptors (Lipinski definition) is 4. The predicted octanol–water partition coefficient (Wildman–Crippen LogP) is 5.71. The van der Waals surface area contributed by atoms with Crippen LogP contribution >= 0.6 is 0 Å². The smallest absolute Gasteiger partial charge is 0.192 e. The summed E-state index contributed by atoms with van der Waals surface area (Å²) in [6.45, 7) is 15.1. The van der Waals surface area contributed by atoms with Gasteiger partial charge in [-0.05, 0) is 30.1 Å². The summed E-state index contributed by atoms with van der Waals surface area (Å²) in [7, 11) is -1.96. The van der Waals surface area contributed by atoms with Crippen LogP contribution in [-0.2, 0) is 25.2 Å². The van der Waals surface area contributed by atoms with Crippen molar-refractivity contribution in [1.29, 1.82) is 0 Å². The van der Waals surface area contributed by atoms with E-state index in [-0.39, 0.29) is 35.6 Å². The van der Waals surface area contributed by atoms with Crippen molar-refractivity contribution in [1.82, 2.24) is 0 Å². The van der Waals surface area contributed by atoms with Crippen LogP contribution in [0.3, 0.4) is 0 Å². The van der Waals surface area contributed by atoms with Gasteiger partial charge in [0.05, 0.1) is 19.3 Å². The Bertz CT molecular complexity index is 624. The van der Waals surface area contributed by atoms with Gasteiger partial charge in [0, 0.05) is 0 Å². The Hall–Kier alpha value is -0.723. The van der Waals surface area contributed by atoms with Gasteiger partial charge in [0.1, 0.15) is 24.4 Å². The molecule has 29 heavy (non-hydrogen) atoms. The van der Waals surface area contributed by atoms with E-state index in [0.29, 0.717) is 6.61 Å². The van der Waals surface area contributed by atoms with Crippen molar-refractivity contribution in [3.63, 3.8) is 0 Å². The molecule has 0 amide bonds. The zero-order chi connectivity index (χ0) is 21.1. The molecule has 2 saturated heterocycles. The lowest BCUT2D eigenvalue weighted by Gasteiger charge is -2.40. The Morgan fingerprint density at radius 1 is 1.07 bits per heavy atom. The van der Waals surface area contributed by atoms with Crippen LogP contribution < -0.4 is 0 Å². The second-order valence-electron chi connectivity index (χ2n) is 10.1. The summed E-state index contributed by atoms with van der Waals surface area (Å²) < 4.78 is 25.7. The standard InChI is InChI=1S/C24H40O4Si/c1-7-8-10-15-19-21(26-16-18-13-11-9-12-14-18)23(22(27-19)20-17-25-20)28-29(5,6)24(2,3)4/h9,11-14,19-23H,7-8,10,15-17H2,1-6H3/t19-,20+,21+,22+,23-/m0/s1. The van der Waals surface area contributed by atoms with Crippen molar-refractivity contribution in [2.75, 3.05) is 6.61 Å². The lowest BCUT2D eigenvalue weighted by molar-refractivity contribution is -0.0463. The van der Waals surface area contributed by atoms with E-state index in [9.17, 15) is 0 Å². The summed E-state index contributed by atoms with van der Waals surface area (Å²) in [5.41, 5.74) is 1.19.